The Labute approximate surface area is 116 Å². The zero-order chi connectivity index (χ0) is 15.1. The Balaban J connectivity index is 2.65. The fourth-order valence-corrected chi connectivity index (χ4v) is 1.20. The predicted molar refractivity (Wildman–Crippen MR) is 77.3 cm³/mol. The SMILES string of the molecule is CN(C)C(N)=NC(N)=NCc1ccc(OC(N)=O)cc1. The Morgan fingerprint density at radius 1 is 1.20 bits per heavy atom. The summed E-state index contributed by atoms with van der Waals surface area (Å²) in [5.74, 6) is 0.734. The molecule has 0 unspecified atom stereocenters. The van der Waals surface area contributed by atoms with Gasteiger partial charge in [-0.05, 0) is 17.7 Å². The molecule has 1 aromatic rings. The zero-order valence-electron chi connectivity index (χ0n) is 11.4. The third kappa shape index (κ3) is 5.25. The Kier molecular flexibility index (Phi) is 5.33. The Bertz CT molecular complexity index is 521. The van der Waals surface area contributed by atoms with E-state index >= 15 is 0 Å². The molecule has 0 spiro atoms. The van der Waals surface area contributed by atoms with Gasteiger partial charge in [-0.25, -0.2) is 9.79 Å². The largest absolute Gasteiger partial charge is 0.411 e. The van der Waals surface area contributed by atoms with Crippen molar-refractivity contribution in [3.63, 3.8) is 0 Å². The van der Waals surface area contributed by atoms with Gasteiger partial charge in [-0.3, -0.25) is 0 Å². The first-order chi connectivity index (χ1) is 9.38. The Morgan fingerprint density at radius 3 is 2.30 bits per heavy atom. The minimum Gasteiger partial charge on any atom is -0.411 e. The maximum Gasteiger partial charge on any atom is 0.409 e. The lowest BCUT2D eigenvalue weighted by atomic mass is 10.2. The average Bonchev–Trinajstić information content (AvgIpc) is 2.37. The summed E-state index contributed by atoms with van der Waals surface area (Å²) in [6.07, 6.45) is -0.853. The van der Waals surface area contributed by atoms with Crippen molar-refractivity contribution in [1.29, 1.82) is 0 Å². The normalized spacial score (nSPS) is 12.1. The van der Waals surface area contributed by atoms with Crippen LogP contribution in [0.5, 0.6) is 5.75 Å². The van der Waals surface area contributed by atoms with Gasteiger partial charge in [0.15, 0.2) is 5.96 Å². The highest BCUT2D eigenvalue weighted by Gasteiger charge is 1.99. The molecule has 0 saturated carbocycles. The number of nitrogens with zero attached hydrogens (tertiary/aromatic N) is 3. The van der Waals surface area contributed by atoms with E-state index in [1.807, 2.05) is 0 Å². The van der Waals surface area contributed by atoms with Crippen molar-refractivity contribution in [2.45, 2.75) is 6.54 Å². The zero-order valence-corrected chi connectivity index (χ0v) is 11.4. The van der Waals surface area contributed by atoms with Crippen molar-refractivity contribution >= 4 is 18.0 Å². The molecule has 1 rings (SSSR count). The highest BCUT2D eigenvalue weighted by atomic mass is 16.5. The third-order valence-corrected chi connectivity index (χ3v) is 2.25. The van der Waals surface area contributed by atoms with Gasteiger partial charge in [0.25, 0.3) is 0 Å². The lowest BCUT2D eigenvalue weighted by Crippen LogP contribution is -2.32. The van der Waals surface area contributed by atoms with E-state index in [-0.39, 0.29) is 11.9 Å². The first kappa shape index (κ1) is 15.3. The molecule has 6 N–H and O–H groups in total. The van der Waals surface area contributed by atoms with Crippen LogP contribution in [0.15, 0.2) is 34.3 Å². The van der Waals surface area contributed by atoms with Gasteiger partial charge in [0.05, 0.1) is 6.54 Å². The number of rotatable bonds is 3. The molecule has 0 aliphatic heterocycles. The maximum atomic E-state index is 10.6. The molecule has 8 nitrogen and oxygen atoms in total. The summed E-state index contributed by atoms with van der Waals surface area (Å²) in [5, 5.41) is 0. The number of guanidine groups is 2. The molecule has 0 bridgehead atoms. The van der Waals surface area contributed by atoms with E-state index in [0.29, 0.717) is 12.3 Å². The molecule has 0 aliphatic carbocycles. The van der Waals surface area contributed by atoms with Crippen molar-refractivity contribution in [3.05, 3.63) is 29.8 Å². The van der Waals surface area contributed by atoms with E-state index in [9.17, 15) is 4.79 Å². The van der Waals surface area contributed by atoms with Crippen LogP contribution in [0.1, 0.15) is 5.56 Å². The molecule has 0 aromatic heterocycles. The van der Waals surface area contributed by atoms with Crippen LogP contribution in [0.2, 0.25) is 0 Å². The van der Waals surface area contributed by atoms with E-state index in [2.05, 4.69) is 9.98 Å². The lowest BCUT2D eigenvalue weighted by molar-refractivity contribution is 0.211. The highest BCUT2D eigenvalue weighted by Crippen LogP contribution is 2.12. The van der Waals surface area contributed by atoms with Crippen molar-refractivity contribution in [2.24, 2.45) is 27.2 Å². The van der Waals surface area contributed by atoms with E-state index < -0.39 is 6.09 Å². The molecule has 20 heavy (non-hydrogen) atoms. The van der Waals surface area contributed by atoms with Gasteiger partial charge in [-0.15, -0.1) is 0 Å². The fourth-order valence-electron chi connectivity index (χ4n) is 1.20. The van der Waals surface area contributed by atoms with E-state index in [4.69, 9.17) is 21.9 Å². The van der Waals surface area contributed by atoms with Gasteiger partial charge in [-0.1, -0.05) is 12.1 Å². The molecule has 0 fully saturated rings. The summed E-state index contributed by atoms with van der Waals surface area (Å²) in [7, 11) is 3.51. The Morgan fingerprint density at radius 2 is 1.80 bits per heavy atom. The molecular weight excluding hydrogens is 260 g/mol. The van der Waals surface area contributed by atoms with Gasteiger partial charge in [0, 0.05) is 14.1 Å². The van der Waals surface area contributed by atoms with Crippen molar-refractivity contribution in [2.75, 3.05) is 14.1 Å². The molecule has 0 atom stereocenters. The van der Waals surface area contributed by atoms with E-state index in [1.54, 1.807) is 43.3 Å². The van der Waals surface area contributed by atoms with Crippen LogP contribution in [0.4, 0.5) is 4.79 Å². The van der Waals surface area contributed by atoms with Crippen LogP contribution < -0.4 is 21.9 Å². The summed E-state index contributed by atoms with van der Waals surface area (Å²) < 4.78 is 4.71. The molecule has 1 aromatic carbocycles. The molecule has 8 heteroatoms. The summed E-state index contributed by atoms with van der Waals surface area (Å²) in [4.78, 5) is 20.2. The smallest absolute Gasteiger partial charge is 0.409 e. The fraction of sp³-hybridized carbons (Fsp3) is 0.250. The predicted octanol–water partition coefficient (Wildman–Crippen LogP) is -0.165. The van der Waals surface area contributed by atoms with Gasteiger partial charge in [-0.2, -0.15) is 4.99 Å². The number of hydrogen-bond acceptors (Lipinski definition) is 3. The number of amides is 1. The van der Waals surface area contributed by atoms with Crippen LogP contribution >= 0.6 is 0 Å². The number of aliphatic imine (C=N–C) groups is 2. The van der Waals surface area contributed by atoms with Gasteiger partial charge in [0.1, 0.15) is 5.75 Å². The molecular formula is C12H18N6O2. The molecule has 0 saturated heterocycles. The van der Waals surface area contributed by atoms with Crippen molar-refractivity contribution in [3.8, 4) is 5.75 Å². The maximum absolute atomic E-state index is 10.6. The summed E-state index contributed by atoms with van der Waals surface area (Å²) in [6.45, 7) is 0.340. The number of nitrogens with two attached hydrogens (primary N) is 3. The van der Waals surface area contributed by atoms with Crippen LogP contribution in [0.25, 0.3) is 0 Å². The highest BCUT2D eigenvalue weighted by molar-refractivity contribution is 5.93. The molecule has 108 valence electrons. The third-order valence-electron chi connectivity index (χ3n) is 2.25. The quantitative estimate of drug-likeness (QED) is 0.521. The first-order valence-electron chi connectivity index (χ1n) is 5.76. The average molecular weight is 278 g/mol. The first-order valence-corrected chi connectivity index (χ1v) is 5.76. The summed E-state index contributed by atoms with van der Waals surface area (Å²) in [5.41, 5.74) is 17.0. The minimum absolute atomic E-state index is 0.0914. The number of carbonyl (C=O) groups is 1. The second kappa shape index (κ2) is 6.98. The molecule has 0 radical (unpaired) electrons. The number of primary amides is 1. The van der Waals surface area contributed by atoms with Gasteiger partial charge in [0.2, 0.25) is 5.96 Å². The number of ether oxygens (including phenoxy) is 1. The van der Waals surface area contributed by atoms with Crippen molar-refractivity contribution in [1.82, 2.24) is 4.90 Å². The van der Waals surface area contributed by atoms with Gasteiger partial charge >= 0.3 is 6.09 Å². The standard InChI is InChI=1S/C12H18N6O2/c1-18(2)11(14)17-10(13)16-7-8-3-5-9(6-4-8)20-12(15)19/h3-6H,7H2,1-2H3,(H2,15,19)(H4,13,14,16,17). The number of carbonyl (C=O) groups excluding carboxylic acids is 1. The van der Waals surface area contributed by atoms with Gasteiger partial charge < -0.3 is 26.8 Å². The molecule has 0 aliphatic rings. The molecule has 0 heterocycles. The topological polar surface area (TPSA) is 132 Å². The van der Waals surface area contributed by atoms with E-state index in [1.165, 1.54) is 0 Å². The lowest BCUT2D eigenvalue weighted by Gasteiger charge is -2.09. The monoisotopic (exact) mass is 278 g/mol. The van der Waals surface area contributed by atoms with Crippen LogP contribution in [-0.2, 0) is 6.54 Å². The van der Waals surface area contributed by atoms with Crippen molar-refractivity contribution < 1.29 is 9.53 Å². The second-order valence-corrected chi connectivity index (χ2v) is 4.10. The van der Waals surface area contributed by atoms with Crippen LogP contribution in [0.3, 0.4) is 0 Å². The Hall–Kier alpha value is -2.77. The number of hydrogen-bond donors (Lipinski definition) is 3. The van der Waals surface area contributed by atoms with Crippen LogP contribution in [-0.4, -0.2) is 37.0 Å². The minimum atomic E-state index is -0.853. The van der Waals surface area contributed by atoms with Crippen LogP contribution in [0, 0.1) is 0 Å². The summed E-state index contributed by atoms with van der Waals surface area (Å²) >= 11 is 0. The molecule has 1 amide bonds. The number of benzene rings is 1. The second-order valence-electron chi connectivity index (χ2n) is 4.10. The van der Waals surface area contributed by atoms with E-state index in [0.717, 1.165) is 5.56 Å². The summed E-state index contributed by atoms with van der Waals surface area (Å²) in [6, 6.07) is 6.72.